The summed E-state index contributed by atoms with van der Waals surface area (Å²) in [6.07, 6.45) is 6.18. The van der Waals surface area contributed by atoms with Crippen molar-refractivity contribution < 1.29 is 9.53 Å². The van der Waals surface area contributed by atoms with Crippen molar-refractivity contribution in [2.75, 3.05) is 12.4 Å². The molecule has 2 aromatic rings. The minimum Gasteiger partial charge on any atom is -0.465 e. The number of methoxy groups -OCH3 is 1. The molecule has 134 valence electrons. The summed E-state index contributed by atoms with van der Waals surface area (Å²) in [4.78, 5) is 13.5. The molecule has 0 amide bonds. The Bertz CT molecular complexity index is 810. The maximum Gasteiger partial charge on any atom is 0.341 e. The summed E-state index contributed by atoms with van der Waals surface area (Å²) in [5.74, 6) is -0.298. The molecule has 0 radical (unpaired) electrons. The standard InChI is InChI=1S/C17H22N4O2S2/c1-10-11(9-21(2)20-10)8-18-17(24)19-15-14(16(22)23-3)12-6-4-5-7-13(12)25-15/h9H,4-8H2,1-3H3,(H2,18,19,24). The molecule has 1 aliphatic rings. The lowest BCUT2D eigenvalue weighted by Crippen LogP contribution is -2.28. The first kappa shape index (κ1) is 17.9. The first-order valence-electron chi connectivity index (χ1n) is 8.26. The number of esters is 1. The Labute approximate surface area is 156 Å². The SMILES string of the molecule is COC(=O)c1c(NC(=S)NCc2cn(C)nc2C)sc2c1CCCC2. The van der Waals surface area contributed by atoms with E-state index in [1.165, 1.54) is 12.0 Å². The van der Waals surface area contributed by atoms with Gasteiger partial charge in [-0.15, -0.1) is 11.3 Å². The van der Waals surface area contributed by atoms with Gasteiger partial charge >= 0.3 is 5.97 Å². The van der Waals surface area contributed by atoms with Crippen molar-refractivity contribution in [1.29, 1.82) is 0 Å². The predicted octanol–water partition coefficient (Wildman–Crippen LogP) is 2.94. The van der Waals surface area contributed by atoms with E-state index in [9.17, 15) is 4.79 Å². The van der Waals surface area contributed by atoms with E-state index >= 15 is 0 Å². The van der Waals surface area contributed by atoms with Gasteiger partial charge in [-0.05, 0) is 50.4 Å². The Hall–Kier alpha value is -1.93. The lowest BCUT2D eigenvalue weighted by Gasteiger charge is -2.12. The summed E-state index contributed by atoms with van der Waals surface area (Å²) in [6, 6.07) is 0. The number of thiophene rings is 1. The minimum atomic E-state index is -0.298. The molecule has 0 saturated carbocycles. The number of carbonyl (C=O) groups is 1. The van der Waals surface area contributed by atoms with E-state index in [1.54, 1.807) is 16.0 Å². The predicted molar refractivity (Wildman–Crippen MR) is 103 cm³/mol. The van der Waals surface area contributed by atoms with Crippen molar-refractivity contribution in [3.8, 4) is 0 Å². The van der Waals surface area contributed by atoms with Crippen LogP contribution in [0.4, 0.5) is 5.00 Å². The van der Waals surface area contributed by atoms with Gasteiger partial charge in [-0.3, -0.25) is 4.68 Å². The number of hydrogen-bond donors (Lipinski definition) is 2. The molecule has 0 aliphatic heterocycles. The summed E-state index contributed by atoms with van der Waals surface area (Å²) in [7, 11) is 3.31. The first-order valence-corrected chi connectivity index (χ1v) is 9.49. The second-order valence-electron chi connectivity index (χ2n) is 6.13. The van der Waals surface area contributed by atoms with Crippen LogP contribution in [0.3, 0.4) is 0 Å². The number of nitrogens with one attached hydrogen (secondary N) is 2. The molecule has 0 atom stereocenters. The number of rotatable bonds is 4. The van der Waals surface area contributed by atoms with E-state index in [0.717, 1.165) is 47.5 Å². The Morgan fingerprint density at radius 3 is 2.88 bits per heavy atom. The molecule has 0 saturated heterocycles. The Morgan fingerprint density at radius 2 is 2.20 bits per heavy atom. The minimum absolute atomic E-state index is 0.298. The molecule has 25 heavy (non-hydrogen) atoms. The topological polar surface area (TPSA) is 68.2 Å². The maximum atomic E-state index is 12.2. The molecule has 0 unspecified atom stereocenters. The highest BCUT2D eigenvalue weighted by Crippen LogP contribution is 2.38. The summed E-state index contributed by atoms with van der Waals surface area (Å²) in [5.41, 5.74) is 3.82. The summed E-state index contributed by atoms with van der Waals surface area (Å²) < 4.78 is 6.77. The van der Waals surface area contributed by atoms with Gasteiger partial charge in [-0.1, -0.05) is 0 Å². The second-order valence-corrected chi connectivity index (χ2v) is 7.64. The lowest BCUT2D eigenvalue weighted by molar-refractivity contribution is 0.0601. The molecular weight excluding hydrogens is 356 g/mol. The number of aryl methyl sites for hydroxylation is 3. The smallest absolute Gasteiger partial charge is 0.341 e. The highest BCUT2D eigenvalue weighted by molar-refractivity contribution is 7.80. The Balaban J connectivity index is 1.73. The highest BCUT2D eigenvalue weighted by atomic mass is 32.1. The highest BCUT2D eigenvalue weighted by Gasteiger charge is 2.26. The fourth-order valence-corrected chi connectivity index (χ4v) is 4.64. The van der Waals surface area contributed by atoms with Crippen LogP contribution in [0.25, 0.3) is 0 Å². The molecule has 2 aromatic heterocycles. The molecule has 8 heteroatoms. The van der Waals surface area contributed by atoms with Gasteiger partial charge < -0.3 is 15.4 Å². The van der Waals surface area contributed by atoms with Gasteiger partial charge in [0.15, 0.2) is 5.11 Å². The van der Waals surface area contributed by atoms with Crippen LogP contribution in [0.15, 0.2) is 6.20 Å². The molecule has 0 spiro atoms. The molecular formula is C17H22N4O2S2. The third-order valence-corrected chi connectivity index (χ3v) is 5.80. The van der Waals surface area contributed by atoms with Crippen molar-refractivity contribution in [1.82, 2.24) is 15.1 Å². The average Bonchev–Trinajstić information content (AvgIpc) is 3.11. The summed E-state index contributed by atoms with van der Waals surface area (Å²) in [6.45, 7) is 2.56. The van der Waals surface area contributed by atoms with Gasteiger partial charge in [0.25, 0.3) is 0 Å². The first-order chi connectivity index (χ1) is 12.0. The zero-order chi connectivity index (χ0) is 18.0. The number of nitrogens with zero attached hydrogens (tertiary/aromatic N) is 2. The number of hydrogen-bond acceptors (Lipinski definition) is 5. The van der Waals surface area contributed by atoms with Gasteiger partial charge in [0.2, 0.25) is 0 Å². The average molecular weight is 379 g/mol. The van der Waals surface area contributed by atoms with Crippen LogP contribution in [0, 0.1) is 6.92 Å². The van der Waals surface area contributed by atoms with Crippen molar-refractivity contribution in [3.05, 3.63) is 33.5 Å². The zero-order valence-electron chi connectivity index (χ0n) is 14.6. The van der Waals surface area contributed by atoms with Gasteiger partial charge in [-0.25, -0.2) is 4.79 Å². The van der Waals surface area contributed by atoms with Crippen LogP contribution >= 0.6 is 23.6 Å². The number of ether oxygens (including phenoxy) is 1. The van der Waals surface area contributed by atoms with Gasteiger partial charge in [0, 0.05) is 30.2 Å². The molecule has 6 nitrogen and oxygen atoms in total. The number of anilines is 1. The van der Waals surface area contributed by atoms with E-state index in [2.05, 4.69) is 15.7 Å². The summed E-state index contributed by atoms with van der Waals surface area (Å²) in [5, 5.41) is 12.0. The van der Waals surface area contributed by atoms with Crippen LogP contribution < -0.4 is 10.6 Å². The lowest BCUT2D eigenvalue weighted by atomic mass is 9.95. The monoisotopic (exact) mass is 378 g/mol. The van der Waals surface area contributed by atoms with Crippen LogP contribution in [0.2, 0.25) is 0 Å². The maximum absolute atomic E-state index is 12.2. The van der Waals surface area contributed by atoms with E-state index in [4.69, 9.17) is 17.0 Å². The van der Waals surface area contributed by atoms with Crippen molar-refractivity contribution in [2.24, 2.45) is 7.05 Å². The molecule has 0 fully saturated rings. The summed E-state index contributed by atoms with van der Waals surface area (Å²) >= 11 is 7.02. The van der Waals surface area contributed by atoms with Gasteiger partial charge in [0.05, 0.1) is 18.4 Å². The van der Waals surface area contributed by atoms with E-state index in [0.29, 0.717) is 17.2 Å². The zero-order valence-corrected chi connectivity index (χ0v) is 16.3. The number of thiocarbonyl (C=S) groups is 1. The van der Waals surface area contributed by atoms with Crippen LogP contribution in [-0.4, -0.2) is 28.0 Å². The quantitative estimate of drug-likeness (QED) is 0.630. The number of fused-ring (bicyclic) bond motifs is 1. The van der Waals surface area contributed by atoms with E-state index in [1.807, 2.05) is 20.2 Å². The largest absolute Gasteiger partial charge is 0.465 e. The van der Waals surface area contributed by atoms with E-state index < -0.39 is 0 Å². The molecule has 1 aliphatic carbocycles. The third kappa shape index (κ3) is 3.85. The van der Waals surface area contributed by atoms with Gasteiger partial charge in [-0.2, -0.15) is 5.10 Å². The molecule has 3 rings (SSSR count). The van der Waals surface area contributed by atoms with Crippen LogP contribution in [-0.2, 0) is 31.2 Å². The fraction of sp³-hybridized carbons (Fsp3) is 0.471. The Kier molecular flexibility index (Phi) is 5.39. The van der Waals surface area contributed by atoms with Crippen molar-refractivity contribution in [3.63, 3.8) is 0 Å². The molecule has 2 N–H and O–H groups in total. The van der Waals surface area contributed by atoms with E-state index in [-0.39, 0.29) is 5.97 Å². The molecule has 2 heterocycles. The molecule has 0 aromatic carbocycles. The molecule has 0 bridgehead atoms. The fourth-order valence-electron chi connectivity index (χ4n) is 3.12. The number of carbonyl (C=O) groups excluding carboxylic acids is 1. The van der Waals surface area contributed by atoms with Crippen molar-refractivity contribution in [2.45, 2.75) is 39.2 Å². The Morgan fingerprint density at radius 1 is 1.44 bits per heavy atom. The second kappa shape index (κ2) is 7.53. The van der Waals surface area contributed by atoms with Gasteiger partial charge in [0.1, 0.15) is 5.00 Å². The van der Waals surface area contributed by atoms with Crippen LogP contribution in [0.5, 0.6) is 0 Å². The normalized spacial score (nSPS) is 13.2. The number of aromatic nitrogens is 2. The van der Waals surface area contributed by atoms with Crippen LogP contribution in [0.1, 0.15) is 44.9 Å². The van der Waals surface area contributed by atoms with Crippen molar-refractivity contribution >= 4 is 39.6 Å². The third-order valence-electron chi connectivity index (χ3n) is 4.34.